The van der Waals surface area contributed by atoms with E-state index in [0.29, 0.717) is 16.2 Å². The molecule has 0 aromatic heterocycles. The second-order valence-corrected chi connectivity index (χ2v) is 13.6. The van der Waals surface area contributed by atoms with Gasteiger partial charge in [-0.25, -0.2) is 0 Å². The second kappa shape index (κ2) is 11.8. The van der Waals surface area contributed by atoms with Crippen molar-refractivity contribution in [1.29, 1.82) is 0 Å². The summed E-state index contributed by atoms with van der Waals surface area (Å²) >= 11 is 0. The number of rotatable bonds is 6. The van der Waals surface area contributed by atoms with Crippen LogP contribution < -0.4 is 0 Å². The molecule has 36 heavy (non-hydrogen) atoms. The second-order valence-electron chi connectivity index (χ2n) is 13.6. The van der Waals surface area contributed by atoms with E-state index in [9.17, 15) is 5.11 Å². The van der Waals surface area contributed by atoms with Crippen LogP contribution in [0.4, 0.5) is 0 Å². The third kappa shape index (κ3) is 6.83. The zero-order chi connectivity index (χ0) is 26.5. The third-order valence-electron chi connectivity index (χ3n) is 10.7. The molecule has 2 aromatic carbocycles. The molecule has 0 aliphatic heterocycles. The predicted molar refractivity (Wildman–Crippen MR) is 156 cm³/mol. The average Bonchev–Trinajstić information content (AvgIpc) is 2.90. The molecule has 0 saturated heterocycles. The van der Waals surface area contributed by atoms with Crippen molar-refractivity contribution in [2.45, 2.75) is 124 Å². The molecule has 2 aliphatic rings. The molecule has 0 amide bonds. The van der Waals surface area contributed by atoms with Crippen molar-refractivity contribution in [3.63, 3.8) is 0 Å². The van der Waals surface area contributed by atoms with Gasteiger partial charge >= 0.3 is 0 Å². The minimum absolute atomic E-state index is 0.415. The summed E-state index contributed by atoms with van der Waals surface area (Å²) in [4.78, 5) is 0. The Labute approximate surface area is 223 Å². The van der Waals surface area contributed by atoms with E-state index in [0.717, 1.165) is 43.1 Å². The van der Waals surface area contributed by atoms with Gasteiger partial charge in [-0.3, -0.25) is 0 Å². The fourth-order valence-corrected chi connectivity index (χ4v) is 6.66. The molecule has 0 unspecified atom stereocenters. The molecule has 1 nitrogen and oxygen atoms in total. The molecule has 4 rings (SSSR count). The maximum absolute atomic E-state index is 10.8. The van der Waals surface area contributed by atoms with Crippen molar-refractivity contribution in [1.82, 2.24) is 0 Å². The van der Waals surface area contributed by atoms with Crippen LogP contribution in [0.3, 0.4) is 0 Å². The van der Waals surface area contributed by atoms with Gasteiger partial charge in [0.1, 0.15) is 0 Å². The largest absolute Gasteiger partial charge is 0.385 e. The Morgan fingerprint density at radius 2 is 1.00 bits per heavy atom. The molecular weight excluding hydrogens is 436 g/mol. The van der Waals surface area contributed by atoms with Gasteiger partial charge in [-0.05, 0) is 90.6 Å². The number of hydrogen-bond donors (Lipinski definition) is 1. The molecule has 2 saturated carbocycles. The lowest BCUT2D eigenvalue weighted by molar-refractivity contribution is -0.0328. The Balaban J connectivity index is 0.000000201. The molecule has 2 aromatic rings. The van der Waals surface area contributed by atoms with Crippen molar-refractivity contribution in [3.8, 4) is 0 Å². The van der Waals surface area contributed by atoms with E-state index < -0.39 is 5.60 Å². The fourth-order valence-electron chi connectivity index (χ4n) is 6.66. The fraction of sp³-hybridized carbons (Fsp3) is 0.657. The molecule has 1 N–H and O–H groups in total. The van der Waals surface area contributed by atoms with Gasteiger partial charge in [0.15, 0.2) is 0 Å². The maximum Gasteiger partial charge on any atom is 0.0896 e. The molecule has 0 atom stereocenters. The summed E-state index contributed by atoms with van der Waals surface area (Å²) in [7, 11) is 0. The topological polar surface area (TPSA) is 20.2 Å². The van der Waals surface area contributed by atoms with Crippen LogP contribution in [-0.2, 0) is 11.0 Å². The van der Waals surface area contributed by atoms with E-state index in [2.05, 4.69) is 90.9 Å². The Kier molecular flexibility index (Phi) is 9.53. The van der Waals surface area contributed by atoms with E-state index in [-0.39, 0.29) is 0 Å². The van der Waals surface area contributed by atoms with E-state index in [4.69, 9.17) is 0 Å². The maximum atomic E-state index is 10.8. The minimum Gasteiger partial charge on any atom is -0.385 e. The highest BCUT2D eigenvalue weighted by Crippen LogP contribution is 2.48. The first-order chi connectivity index (χ1) is 17.0. The van der Waals surface area contributed by atoms with Gasteiger partial charge in [0.25, 0.3) is 0 Å². The molecule has 200 valence electrons. The summed E-state index contributed by atoms with van der Waals surface area (Å²) in [5.74, 6) is 1.67. The lowest BCUT2D eigenvalue weighted by Gasteiger charge is -2.43. The molecule has 1 heteroatoms. The summed E-state index contributed by atoms with van der Waals surface area (Å²) in [6.07, 6.45) is 12.1. The van der Waals surface area contributed by atoms with Crippen molar-refractivity contribution < 1.29 is 5.11 Å². The number of hydrogen-bond acceptors (Lipinski definition) is 1. The van der Waals surface area contributed by atoms with Gasteiger partial charge in [-0.15, -0.1) is 0 Å². The van der Waals surface area contributed by atoms with Gasteiger partial charge in [0.2, 0.25) is 0 Å². The predicted octanol–water partition coefficient (Wildman–Crippen LogP) is 10.1. The highest BCUT2D eigenvalue weighted by molar-refractivity contribution is 5.25. The van der Waals surface area contributed by atoms with Crippen LogP contribution in [0.2, 0.25) is 0 Å². The van der Waals surface area contributed by atoms with Gasteiger partial charge in [0, 0.05) is 0 Å². The van der Waals surface area contributed by atoms with E-state index >= 15 is 0 Å². The lowest BCUT2D eigenvalue weighted by atomic mass is 9.61. The van der Waals surface area contributed by atoms with E-state index in [1.54, 1.807) is 0 Å². The van der Waals surface area contributed by atoms with Gasteiger partial charge in [-0.2, -0.15) is 0 Å². The Morgan fingerprint density at radius 1 is 0.639 bits per heavy atom. The van der Waals surface area contributed by atoms with Crippen LogP contribution in [0.1, 0.15) is 124 Å². The molecular formula is C35H54O. The minimum atomic E-state index is -0.582. The standard InChI is InChI=1S/C18H28.C17H26O/c1-5-17(2,3)15-11-13-18(4,14-12-15)16-9-7-6-8-10-16;1-4-16(2,3)14-10-12-17(18,13-11-14)15-8-6-5-7-9-15/h6-10,15H,5,11-14H2,1-4H3;5-9,14,18H,4,10-13H2,1-3H3. The van der Waals surface area contributed by atoms with Crippen LogP contribution >= 0.6 is 0 Å². The van der Waals surface area contributed by atoms with Crippen LogP contribution in [0, 0.1) is 22.7 Å². The third-order valence-corrected chi connectivity index (χ3v) is 10.7. The summed E-state index contributed by atoms with van der Waals surface area (Å²) in [6, 6.07) is 21.3. The van der Waals surface area contributed by atoms with Gasteiger partial charge < -0.3 is 5.11 Å². The van der Waals surface area contributed by atoms with Gasteiger partial charge in [0.05, 0.1) is 5.60 Å². The Morgan fingerprint density at radius 3 is 1.39 bits per heavy atom. The first-order valence-electron chi connectivity index (χ1n) is 14.8. The molecule has 2 fully saturated rings. The highest BCUT2D eigenvalue weighted by Gasteiger charge is 2.39. The Hall–Kier alpha value is -1.60. The van der Waals surface area contributed by atoms with Crippen LogP contribution in [0.25, 0.3) is 0 Å². The van der Waals surface area contributed by atoms with Crippen molar-refractivity contribution >= 4 is 0 Å². The molecule has 0 spiro atoms. The quantitative estimate of drug-likeness (QED) is 0.427. The smallest absolute Gasteiger partial charge is 0.0896 e. The first kappa shape index (κ1) is 29.0. The average molecular weight is 491 g/mol. The monoisotopic (exact) mass is 490 g/mol. The normalized spacial score (nSPS) is 29.2. The van der Waals surface area contributed by atoms with Crippen LogP contribution in [0.5, 0.6) is 0 Å². The molecule has 2 aliphatic carbocycles. The summed E-state index contributed by atoms with van der Waals surface area (Å²) in [6.45, 7) is 16.7. The summed E-state index contributed by atoms with van der Waals surface area (Å²) < 4.78 is 0. The zero-order valence-electron chi connectivity index (χ0n) is 24.4. The van der Waals surface area contributed by atoms with Crippen molar-refractivity contribution in [2.24, 2.45) is 22.7 Å². The van der Waals surface area contributed by atoms with E-state index in [1.165, 1.54) is 44.1 Å². The summed E-state index contributed by atoms with van der Waals surface area (Å²) in [5, 5.41) is 10.8. The zero-order valence-corrected chi connectivity index (χ0v) is 24.4. The highest BCUT2D eigenvalue weighted by atomic mass is 16.3. The number of benzene rings is 2. The molecule has 0 bridgehead atoms. The first-order valence-corrected chi connectivity index (χ1v) is 14.8. The summed E-state index contributed by atoms with van der Waals surface area (Å²) in [5.41, 5.74) is 3.41. The van der Waals surface area contributed by atoms with Gasteiger partial charge in [-0.1, -0.05) is 122 Å². The van der Waals surface area contributed by atoms with Crippen molar-refractivity contribution in [2.75, 3.05) is 0 Å². The SMILES string of the molecule is CCC(C)(C)C1CCC(C)(c2ccccc2)CC1.CCC(C)(C)C1CCC(O)(c2ccccc2)CC1. The molecule has 0 radical (unpaired) electrons. The number of aliphatic hydroxyl groups is 1. The lowest BCUT2D eigenvalue weighted by Crippen LogP contribution is -2.36. The van der Waals surface area contributed by atoms with Crippen LogP contribution in [0.15, 0.2) is 60.7 Å². The molecule has 0 heterocycles. The van der Waals surface area contributed by atoms with E-state index in [1.807, 2.05) is 18.2 Å². The van der Waals surface area contributed by atoms with Crippen LogP contribution in [-0.4, -0.2) is 5.11 Å². The van der Waals surface area contributed by atoms with Crippen molar-refractivity contribution in [3.05, 3.63) is 71.8 Å². The Bertz CT molecular complexity index is 817.